The first-order valence-corrected chi connectivity index (χ1v) is 6.11. The van der Waals surface area contributed by atoms with Gasteiger partial charge in [-0.15, -0.1) is 0 Å². The minimum Gasteiger partial charge on any atom is -0.431 e. The fourth-order valence-corrected chi connectivity index (χ4v) is 1.51. The van der Waals surface area contributed by atoms with Gasteiger partial charge in [0.15, 0.2) is 0 Å². The summed E-state index contributed by atoms with van der Waals surface area (Å²) in [6, 6.07) is 0. The molecule has 0 unspecified atom stereocenters. The second-order valence-corrected chi connectivity index (χ2v) is 4.52. The Kier molecular flexibility index (Phi) is 5.91. The summed E-state index contributed by atoms with van der Waals surface area (Å²) in [4.78, 5) is 22.4. The Morgan fingerprint density at radius 3 is 2.28 bits per heavy atom. The maximum atomic E-state index is 11.5. The van der Waals surface area contributed by atoms with Crippen molar-refractivity contribution in [2.45, 2.75) is 46.0 Å². The Labute approximate surface area is 107 Å². The largest absolute Gasteiger partial charge is 0.511 e. The van der Waals surface area contributed by atoms with Crippen molar-refractivity contribution in [3.63, 3.8) is 0 Å². The summed E-state index contributed by atoms with van der Waals surface area (Å²) in [7, 11) is 0. The SMILES string of the molecule is CC(=O)O[C@H](OC(=O)OC1CCOCC1)C(C)C. The van der Waals surface area contributed by atoms with Crippen molar-refractivity contribution in [2.24, 2.45) is 5.92 Å². The highest BCUT2D eigenvalue weighted by Gasteiger charge is 2.25. The summed E-state index contributed by atoms with van der Waals surface area (Å²) in [5.74, 6) is -0.622. The number of carbonyl (C=O) groups is 2. The van der Waals surface area contributed by atoms with E-state index in [1.807, 2.05) is 0 Å². The lowest BCUT2D eigenvalue weighted by Gasteiger charge is -2.24. The van der Waals surface area contributed by atoms with Gasteiger partial charge in [0.05, 0.1) is 13.2 Å². The van der Waals surface area contributed by atoms with Gasteiger partial charge in [0, 0.05) is 25.7 Å². The first-order chi connectivity index (χ1) is 8.49. The molecular formula is C12H20O6. The molecule has 0 spiro atoms. The Hall–Kier alpha value is -1.30. The molecule has 18 heavy (non-hydrogen) atoms. The van der Waals surface area contributed by atoms with Crippen molar-refractivity contribution >= 4 is 12.1 Å². The van der Waals surface area contributed by atoms with Crippen LogP contribution in [0.25, 0.3) is 0 Å². The molecule has 0 aliphatic carbocycles. The van der Waals surface area contributed by atoms with E-state index in [4.69, 9.17) is 18.9 Å². The van der Waals surface area contributed by atoms with Crippen LogP contribution >= 0.6 is 0 Å². The smallest absolute Gasteiger partial charge is 0.431 e. The standard InChI is InChI=1S/C12H20O6/c1-8(2)11(16-9(3)13)18-12(14)17-10-4-6-15-7-5-10/h8,10-11H,4-7H2,1-3H3/t11-/m1/s1. The molecule has 1 fully saturated rings. The van der Waals surface area contributed by atoms with Gasteiger partial charge in [-0.05, 0) is 0 Å². The lowest BCUT2D eigenvalue weighted by Crippen LogP contribution is -2.32. The predicted octanol–water partition coefficient (Wildman–Crippen LogP) is 1.86. The molecule has 0 aromatic carbocycles. The average Bonchev–Trinajstić information content (AvgIpc) is 2.28. The first kappa shape index (κ1) is 14.8. The van der Waals surface area contributed by atoms with Crippen LogP contribution in [-0.4, -0.2) is 37.7 Å². The van der Waals surface area contributed by atoms with Gasteiger partial charge < -0.3 is 18.9 Å². The normalized spacial score (nSPS) is 18.2. The van der Waals surface area contributed by atoms with Crippen LogP contribution in [0.5, 0.6) is 0 Å². The van der Waals surface area contributed by atoms with Gasteiger partial charge in [0.1, 0.15) is 6.10 Å². The molecule has 1 saturated heterocycles. The molecule has 6 heteroatoms. The van der Waals surface area contributed by atoms with Crippen LogP contribution in [0.4, 0.5) is 4.79 Å². The van der Waals surface area contributed by atoms with Crippen molar-refractivity contribution in [2.75, 3.05) is 13.2 Å². The molecule has 1 aliphatic heterocycles. The third-order valence-corrected chi connectivity index (χ3v) is 2.47. The van der Waals surface area contributed by atoms with Crippen LogP contribution in [0, 0.1) is 5.92 Å². The quantitative estimate of drug-likeness (QED) is 0.567. The van der Waals surface area contributed by atoms with Gasteiger partial charge >= 0.3 is 12.1 Å². The van der Waals surface area contributed by atoms with Crippen LogP contribution in [0.15, 0.2) is 0 Å². The van der Waals surface area contributed by atoms with E-state index in [1.54, 1.807) is 13.8 Å². The highest BCUT2D eigenvalue weighted by Crippen LogP contribution is 2.14. The van der Waals surface area contributed by atoms with Gasteiger partial charge in [-0.3, -0.25) is 4.79 Å². The average molecular weight is 260 g/mol. The van der Waals surface area contributed by atoms with Crippen molar-refractivity contribution in [3.8, 4) is 0 Å². The molecule has 0 bridgehead atoms. The second kappa shape index (κ2) is 7.20. The van der Waals surface area contributed by atoms with Crippen LogP contribution in [0.1, 0.15) is 33.6 Å². The predicted molar refractivity (Wildman–Crippen MR) is 61.8 cm³/mol. The monoisotopic (exact) mass is 260 g/mol. The summed E-state index contributed by atoms with van der Waals surface area (Å²) >= 11 is 0. The van der Waals surface area contributed by atoms with E-state index in [0.29, 0.717) is 26.1 Å². The molecule has 6 nitrogen and oxygen atoms in total. The summed E-state index contributed by atoms with van der Waals surface area (Å²) in [6.45, 7) is 6.00. The van der Waals surface area contributed by atoms with Gasteiger partial charge in [-0.2, -0.15) is 0 Å². The molecule has 1 rings (SSSR count). The Morgan fingerprint density at radius 2 is 1.78 bits per heavy atom. The van der Waals surface area contributed by atoms with E-state index < -0.39 is 18.4 Å². The van der Waals surface area contributed by atoms with Gasteiger partial charge in [-0.1, -0.05) is 13.8 Å². The van der Waals surface area contributed by atoms with Crippen molar-refractivity contribution in [3.05, 3.63) is 0 Å². The highest BCUT2D eigenvalue weighted by atomic mass is 16.8. The summed E-state index contributed by atoms with van der Waals surface area (Å²) in [5.41, 5.74) is 0. The molecule has 0 N–H and O–H groups in total. The molecule has 1 aliphatic rings. The zero-order valence-electron chi connectivity index (χ0n) is 11.0. The maximum absolute atomic E-state index is 11.5. The zero-order chi connectivity index (χ0) is 13.5. The van der Waals surface area contributed by atoms with E-state index in [-0.39, 0.29) is 12.0 Å². The van der Waals surface area contributed by atoms with E-state index >= 15 is 0 Å². The summed E-state index contributed by atoms with van der Waals surface area (Å²) in [5, 5.41) is 0. The van der Waals surface area contributed by atoms with Crippen LogP contribution in [0.2, 0.25) is 0 Å². The molecule has 104 valence electrons. The molecule has 0 amide bonds. The number of ether oxygens (including phenoxy) is 4. The fourth-order valence-electron chi connectivity index (χ4n) is 1.51. The molecule has 0 saturated carbocycles. The lowest BCUT2D eigenvalue weighted by atomic mass is 10.2. The second-order valence-electron chi connectivity index (χ2n) is 4.52. The minimum atomic E-state index is -0.908. The van der Waals surface area contributed by atoms with Crippen molar-refractivity contribution < 1.29 is 28.5 Å². The number of hydrogen-bond acceptors (Lipinski definition) is 6. The molecule has 0 aromatic rings. The third-order valence-electron chi connectivity index (χ3n) is 2.47. The Morgan fingerprint density at radius 1 is 1.17 bits per heavy atom. The Bertz CT molecular complexity index is 282. The zero-order valence-corrected chi connectivity index (χ0v) is 11.0. The molecule has 1 heterocycles. The highest BCUT2D eigenvalue weighted by molar-refractivity contribution is 5.66. The molecule has 0 radical (unpaired) electrons. The number of carbonyl (C=O) groups excluding carboxylic acids is 2. The van der Waals surface area contributed by atoms with E-state index in [9.17, 15) is 9.59 Å². The minimum absolute atomic E-state index is 0.129. The van der Waals surface area contributed by atoms with Gasteiger partial charge in [0.25, 0.3) is 6.29 Å². The van der Waals surface area contributed by atoms with E-state index in [1.165, 1.54) is 6.92 Å². The molecular weight excluding hydrogens is 240 g/mol. The van der Waals surface area contributed by atoms with Crippen LogP contribution < -0.4 is 0 Å². The van der Waals surface area contributed by atoms with Crippen molar-refractivity contribution in [1.29, 1.82) is 0 Å². The lowest BCUT2D eigenvalue weighted by molar-refractivity contribution is -0.178. The molecule has 1 atom stereocenters. The topological polar surface area (TPSA) is 71.1 Å². The maximum Gasteiger partial charge on any atom is 0.511 e. The summed E-state index contributed by atoms with van der Waals surface area (Å²) in [6.07, 6.45) is -0.572. The van der Waals surface area contributed by atoms with E-state index in [0.717, 1.165) is 0 Å². The Balaban J connectivity index is 2.37. The first-order valence-electron chi connectivity index (χ1n) is 6.11. The van der Waals surface area contributed by atoms with Gasteiger partial charge in [0.2, 0.25) is 0 Å². The van der Waals surface area contributed by atoms with Crippen molar-refractivity contribution in [1.82, 2.24) is 0 Å². The van der Waals surface area contributed by atoms with Gasteiger partial charge in [-0.25, -0.2) is 4.79 Å². The number of hydrogen-bond donors (Lipinski definition) is 0. The number of rotatable bonds is 4. The summed E-state index contributed by atoms with van der Waals surface area (Å²) < 4.78 is 20.1. The van der Waals surface area contributed by atoms with E-state index in [2.05, 4.69) is 0 Å². The number of esters is 1. The van der Waals surface area contributed by atoms with Crippen LogP contribution in [-0.2, 0) is 23.7 Å². The van der Waals surface area contributed by atoms with Crippen LogP contribution in [0.3, 0.4) is 0 Å². The molecule has 0 aromatic heterocycles. The fraction of sp³-hybridized carbons (Fsp3) is 0.833. The third kappa shape index (κ3) is 5.35.